The fourth-order valence-electron chi connectivity index (χ4n) is 3.29. The molecular formula is C19H16F2N6OS. The van der Waals surface area contributed by atoms with Gasteiger partial charge in [-0.2, -0.15) is 10.4 Å². The van der Waals surface area contributed by atoms with Gasteiger partial charge in [-0.05, 0) is 24.3 Å². The number of anilines is 1. The number of thiophene rings is 1. The largest absolute Gasteiger partial charge is 0.320 e. The molecule has 10 heteroatoms. The maximum atomic E-state index is 13.5. The second-order valence-electron chi connectivity index (χ2n) is 6.83. The zero-order valence-corrected chi connectivity index (χ0v) is 16.0. The van der Waals surface area contributed by atoms with Gasteiger partial charge in [0.1, 0.15) is 16.5 Å². The lowest BCUT2D eigenvalue weighted by Gasteiger charge is -2.26. The number of carbonyl (C=O) groups excluding carboxylic acids is 1. The quantitative estimate of drug-likeness (QED) is 0.638. The summed E-state index contributed by atoms with van der Waals surface area (Å²) in [5.74, 6) is -3.08. The van der Waals surface area contributed by atoms with Crippen LogP contribution >= 0.6 is 11.3 Å². The molecule has 1 amide bonds. The van der Waals surface area contributed by atoms with E-state index in [0.717, 1.165) is 0 Å². The Morgan fingerprint density at radius 3 is 3.14 bits per heavy atom. The Morgan fingerprint density at radius 2 is 2.34 bits per heavy atom. The molecule has 0 aliphatic heterocycles. The highest BCUT2D eigenvalue weighted by molar-refractivity contribution is 7.11. The van der Waals surface area contributed by atoms with Gasteiger partial charge in [0.15, 0.2) is 11.5 Å². The van der Waals surface area contributed by atoms with Crippen molar-refractivity contribution in [2.45, 2.75) is 31.6 Å². The van der Waals surface area contributed by atoms with Gasteiger partial charge in [-0.3, -0.25) is 4.79 Å². The average Bonchev–Trinajstić information content (AvgIpc) is 3.31. The SMILES string of the molecule is N#Cc1sccc1NC(=O)c1cnn2ccc(N=CC3CCCC(F)(F)C3)nc12. The zero-order chi connectivity index (χ0) is 20.4. The number of rotatable bonds is 4. The van der Waals surface area contributed by atoms with Crippen molar-refractivity contribution in [1.82, 2.24) is 14.6 Å². The Balaban J connectivity index is 1.55. The highest BCUT2D eigenvalue weighted by atomic mass is 32.1. The molecule has 4 rings (SSSR count). The van der Waals surface area contributed by atoms with Gasteiger partial charge in [0.25, 0.3) is 5.91 Å². The minimum atomic E-state index is -2.65. The summed E-state index contributed by atoms with van der Waals surface area (Å²) in [4.78, 5) is 21.6. The number of halogens is 2. The number of nitriles is 1. The molecule has 1 fully saturated rings. The normalized spacial score (nSPS) is 18.7. The summed E-state index contributed by atoms with van der Waals surface area (Å²) in [6.45, 7) is 0. The summed E-state index contributed by atoms with van der Waals surface area (Å²) >= 11 is 1.23. The van der Waals surface area contributed by atoms with Crippen molar-refractivity contribution in [3.8, 4) is 6.07 Å². The molecule has 29 heavy (non-hydrogen) atoms. The highest BCUT2D eigenvalue weighted by Crippen LogP contribution is 2.36. The summed E-state index contributed by atoms with van der Waals surface area (Å²) in [6.07, 6.45) is 5.36. The van der Waals surface area contributed by atoms with Gasteiger partial charge in [0.2, 0.25) is 5.92 Å². The second kappa shape index (κ2) is 7.67. The topological polar surface area (TPSA) is 95.4 Å². The molecule has 0 aromatic carbocycles. The molecule has 3 heterocycles. The molecule has 1 aliphatic carbocycles. The predicted molar refractivity (Wildman–Crippen MR) is 105 cm³/mol. The van der Waals surface area contributed by atoms with Crippen LogP contribution in [-0.4, -0.2) is 32.6 Å². The van der Waals surface area contributed by atoms with Crippen LogP contribution in [0.2, 0.25) is 0 Å². The molecule has 3 aromatic rings. The first-order valence-electron chi connectivity index (χ1n) is 9.00. The van der Waals surface area contributed by atoms with E-state index in [0.29, 0.717) is 34.9 Å². The fourth-order valence-corrected chi connectivity index (χ4v) is 3.93. The molecular weight excluding hydrogens is 398 g/mol. The van der Waals surface area contributed by atoms with Gasteiger partial charge < -0.3 is 5.32 Å². The molecule has 1 N–H and O–H groups in total. The second-order valence-corrected chi connectivity index (χ2v) is 7.75. The van der Waals surface area contributed by atoms with E-state index in [2.05, 4.69) is 20.4 Å². The standard InChI is InChI=1S/C19H16F2N6OS/c20-19(21)5-1-2-12(8-19)10-23-16-3-6-27-17(26-16)13(11-24-27)18(28)25-14-4-7-29-15(14)9-22/h3-4,6-7,10-12H,1-2,5,8H2,(H,25,28). The lowest BCUT2D eigenvalue weighted by atomic mass is 9.87. The number of hydrogen-bond acceptors (Lipinski definition) is 6. The summed E-state index contributed by atoms with van der Waals surface area (Å²) in [6, 6.07) is 5.27. The van der Waals surface area contributed by atoms with E-state index in [1.807, 2.05) is 6.07 Å². The van der Waals surface area contributed by atoms with E-state index < -0.39 is 11.8 Å². The average molecular weight is 414 g/mol. The summed E-state index contributed by atoms with van der Waals surface area (Å²) in [5.41, 5.74) is 0.940. The van der Waals surface area contributed by atoms with E-state index in [1.54, 1.807) is 23.7 Å². The molecule has 0 saturated heterocycles. The minimum Gasteiger partial charge on any atom is -0.320 e. The number of aromatic nitrogens is 3. The number of amides is 1. The number of nitrogens with one attached hydrogen (secondary N) is 1. The first-order chi connectivity index (χ1) is 13.9. The lowest BCUT2D eigenvalue weighted by Crippen LogP contribution is -2.26. The van der Waals surface area contributed by atoms with Gasteiger partial charge in [0, 0.05) is 37.2 Å². The lowest BCUT2D eigenvalue weighted by molar-refractivity contribution is -0.0421. The molecule has 0 spiro atoms. The van der Waals surface area contributed by atoms with Crippen molar-refractivity contribution < 1.29 is 13.6 Å². The van der Waals surface area contributed by atoms with Crippen molar-refractivity contribution >= 4 is 40.6 Å². The molecule has 0 radical (unpaired) electrons. The minimum absolute atomic E-state index is 0.0759. The van der Waals surface area contributed by atoms with Crippen LogP contribution in [0.1, 0.15) is 40.9 Å². The van der Waals surface area contributed by atoms with Crippen LogP contribution in [0.5, 0.6) is 0 Å². The van der Waals surface area contributed by atoms with Crippen LogP contribution in [0, 0.1) is 17.2 Å². The zero-order valence-electron chi connectivity index (χ0n) is 15.2. The summed E-state index contributed by atoms with van der Waals surface area (Å²) < 4.78 is 28.5. The maximum Gasteiger partial charge on any atom is 0.261 e. The molecule has 1 atom stereocenters. The first kappa shape index (κ1) is 19.1. The monoisotopic (exact) mass is 414 g/mol. The smallest absolute Gasteiger partial charge is 0.261 e. The number of aliphatic imine (C=N–C) groups is 1. The Kier molecular flexibility index (Phi) is 5.07. The molecule has 3 aromatic heterocycles. The highest BCUT2D eigenvalue weighted by Gasteiger charge is 2.35. The van der Waals surface area contributed by atoms with Crippen molar-refractivity contribution in [3.63, 3.8) is 0 Å². The van der Waals surface area contributed by atoms with Crippen LogP contribution in [0.3, 0.4) is 0 Å². The third-order valence-corrected chi connectivity index (χ3v) is 5.53. The third-order valence-electron chi connectivity index (χ3n) is 4.71. The van der Waals surface area contributed by atoms with Crippen LogP contribution in [0.4, 0.5) is 20.3 Å². The van der Waals surface area contributed by atoms with Crippen molar-refractivity contribution in [2.24, 2.45) is 10.9 Å². The van der Waals surface area contributed by atoms with Gasteiger partial charge in [-0.1, -0.05) is 0 Å². The van der Waals surface area contributed by atoms with E-state index in [-0.39, 0.29) is 24.3 Å². The Bertz CT molecular complexity index is 1130. The van der Waals surface area contributed by atoms with Gasteiger partial charge in [-0.25, -0.2) is 23.3 Å². The van der Waals surface area contributed by atoms with E-state index in [4.69, 9.17) is 5.26 Å². The van der Waals surface area contributed by atoms with E-state index in [9.17, 15) is 13.6 Å². The molecule has 1 saturated carbocycles. The van der Waals surface area contributed by atoms with Crippen LogP contribution in [-0.2, 0) is 0 Å². The van der Waals surface area contributed by atoms with Gasteiger partial charge in [-0.15, -0.1) is 11.3 Å². The Morgan fingerprint density at radius 1 is 1.48 bits per heavy atom. The van der Waals surface area contributed by atoms with Crippen molar-refractivity contribution in [2.75, 3.05) is 5.32 Å². The number of fused-ring (bicyclic) bond motifs is 1. The van der Waals surface area contributed by atoms with Crippen LogP contribution in [0.25, 0.3) is 5.65 Å². The Hall–Kier alpha value is -3.19. The first-order valence-corrected chi connectivity index (χ1v) is 9.88. The number of nitrogens with zero attached hydrogens (tertiary/aromatic N) is 5. The molecule has 148 valence electrons. The van der Waals surface area contributed by atoms with Gasteiger partial charge >= 0.3 is 0 Å². The fraction of sp³-hybridized carbons (Fsp3) is 0.316. The van der Waals surface area contributed by atoms with E-state index in [1.165, 1.54) is 28.3 Å². The Labute approximate surface area is 168 Å². The third kappa shape index (κ3) is 4.14. The van der Waals surface area contributed by atoms with Crippen LogP contribution in [0.15, 0.2) is 34.9 Å². The maximum absolute atomic E-state index is 13.5. The van der Waals surface area contributed by atoms with Crippen molar-refractivity contribution in [3.05, 3.63) is 40.3 Å². The molecule has 7 nitrogen and oxygen atoms in total. The van der Waals surface area contributed by atoms with Gasteiger partial charge in [0.05, 0.1) is 11.9 Å². The molecule has 1 aliphatic rings. The van der Waals surface area contributed by atoms with E-state index >= 15 is 0 Å². The molecule has 0 bridgehead atoms. The molecule has 1 unspecified atom stereocenters. The number of hydrogen-bond donors (Lipinski definition) is 1. The summed E-state index contributed by atoms with van der Waals surface area (Å²) in [7, 11) is 0. The van der Waals surface area contributed by atoms with Crippen molar-refractivity contribution in [1.29, 1.82) is 5.26 Å². The predicted octanol–water partition coefficient (Wildman–Crippen LogP) is 4.44. The summed E-state index contributed by atoms with van der Waals surface area (Å²) in [5, 5.41) is 17.6. The number of carbonyl (C=O) groups is 1. The number of alkyl halides is 2. The van der Waals surface area contributed by atoms with Crippen LogP contribution < -0.4 is 5.32 Å².